The van der Waals surface area contributed by atoms with Crippen LogP contribution in [0.2, 0.25) is 0 Å². The van der Waals surface area contributed by atoms with Gasteiger partial charge in [-0.15, -0.1) is 24.0 Å². The fourth-order valence-electron chi connectivity index (χ4n) is 2.46. The standard InChI is InChI=1S/C18H27N5O2.HI/c1-14(13-23-9-5-8-22-23)11-20-18(19-2)21-12-15-6-7-16(24-3)17(10-15)25-4;/h5-10,14H,11-13H2,1-4H3,(H2,19,20,21);1H. The summed E-state index contributed by atoms with van der Waals surface area (Å²) in [4.78, 5) is 4.26. The molecule has 2 N–H and O–H groups in total. The average molecular weight is 473 g/mol. The molecule has 1 heterocycles. The average Bonchev–Trinajstić information content (AvgIpc) is 3.14. The maximum absolute atomic E-state index is 5.33. The fraction of sp³-hybridized carbons (Fsp3) is 0.444. The number of nitrogens with one attached hydrogen (secondary N) is 2. The highest BCUT2D eigenvalue weighted by Crippen LogP contribution is 2.27. The van der Waals surface area contributed by atoms with Gasteiger partial charge < -0.3 is 20.1 Å². The van der Waals surface area contributed by atoms with Crippen LogP contribution in [0.25, 0.3) is 0 Å². The summed E-state index contributed by atoms with van der Waals surface area (Å²) < 4.78 is 12.5. The zero-order valence-electron chi connectivity index (χ0n) is 15.7. The summed E-state index contributed by atoms with van der Waals surface area (Å²) in [7, 11) is 5.03. The van der Waals surface area contributed by atoms with Crippen molar-refractivity contribution in [3.05, 3.63) is 42.2 Å². The van der Waals surface area contributed by atoms with E-state index in [0.717, 1.165) is 36.1 Å². The summed E-state index contributed by atoms with van der Waals surface area (Å²) >= 11 is 0. The van der Waals surface area contributed by atoms with Crippen molar-refractivity contribution in [1.82, 2.24) is 20.4 Å². The van der Waals surface area contributed by atoms with Crippen LogP contribution in [0.5, 0.6) is 11.5 Å². The molecular formula is C18H28IN5O2. The Labute approximate surface area is 172 Å². The molecule has 0 aliphatic rings. The number of halogens is 1. The second-order valence-electron chi connectivity index (χ2n) is 5.83. The van der Waals surface area contributed by atoms with Gasteiger partial charge in [0.2, 0.25) is 0 Å². The van der Waals surface area contributed by atoms with Gasteiger partial charge in [-0.25, -0.2) is 0 Å². The van der Waals surface area contributed by atoms with E-state index in [0.29, 0.717) is 12.5 Å². The molecule has 2 rings (SSSR count). The van der Waals surface area contributed by atoms with Crippen molar-refractivity contribution in [2.24, 2.45) is 10.9 Å². The van der Waals surface area contributed by atoms with E-state index in [1.807, 2.05) is 35.1 Å². The van der Waals surface area contributed by atoms with Crippen molar-refractivity contribution in [2.75, 3.05) is 27.8 Å². The van der Waals surface area contributed by atoms with Crippen LogP contribution in [-0.2, 0) is 13.1 Å². The minimum atomic E-state index is 0. The van der Waals surface area contributed by atoms with E-state index in [-0.39, 0.29) is 24.0 Å². The molecule has 1 unspecified atom stereocenters. The third-order valence-electron chi connectivity index (χ3n) is 3.81. The summed E-state index contributed by atoms with van der Waals surface area (Å²) in [6, 6.07) is 7.80. The fourth-order valence-corrected chi connectivity index (χ4v) is 2.46. The van der Waals surface area contributed by atoms with Gasteiger partial charge in [0, 0.05) is 39.1 Å². The Morgan fingerprint density at radius 3 is 2.62 bits per heavy atom. The Bertz CT molecular complexity index is 676. The van der Waals surface area contributed by atoms with E-state index in [1.165, 1.54) is 0 Å². The van der Waals surface area contributed by atoms with Crippen molar-refractivity contribution in [2.45, 2.75) is 20.0 Å². The van der Waals surface area contributed by atoms with Crippen LogP contribution in [0.15, 0.2) is 41.7 Å². The quantitative estimate of drug-likeness (QED) is 0.350. The summed E-state index contributed by atoms with van der Waals surface area (Å²) in [5, 5.41) is 10.9. The van der Waals surface area contributed by atoms with Crippen LogP contribution in [0.4, 0.5) is 0 Å². The molecule has 0 aliphatic heterocycles. The molecule has 8 heteroatoms. The Morgan fingerprint density at radius 1 is 1.23 bits per heavy atom. The number of nitrogens with zero attached hydrogens (tertiary/aromatic N) is 3. The molecule has 0 spiro atoms. The Balaban J connectivity index is 0.00000338. The van der Waals surface area contributed by atoms with Crippen molar-refractivity contribution in [3.63, 3.8) is 0 Å². The van der Waals surface area contributed by atoms with Crippen molar-refractivity contribution in [1.29, 1.82) is 0 Å². The molecule has 1 aromatic heterocycles. The van der Waals surface area contributed by atoms with Crippen molar-refractivity contribution in [3.8, 4) is 11.5 Å². The van der Waals surface area contributed by atoms with Crippen LogP contribution < -0.4 is 20.1 Å². The molecule has 0 bridgehead atoms. The molecule has 1 atom stereocenters. The van der Waals surface area contributed by atoms with Crippen LogP contribution in [0.1, 0.15) is 12.5 Å². The smallest absolute Gasteiger partial charge is 0.191 e. The van der Waals surface area contributed by atoms with Crippen LogP contribution in [0, 0.1) is 5.92 Å². The zero-order chi connectivity index (χ0) is 18.1. The predicted molar refractivity (Wildman–Crippen MR) is 115 cm³/mol. The highest BCUT2D eigenvalue weighted by atomic mass is 127. The minimum Gasteiger partial charge on any atom is -0.493 e. The van der Waals surface area contributed by atoms with Crippen molar-refractivity contribution >= 4 is 29.9 Å². The molecule has 7 nitrogen and oxygen atoms in total. The Hall–Kier alpha value is -1.97. The van der Waals surface area contributed by atoms with E-state index >= 15 is 0 Å². The van der Waals surface area contributed by atoms with Gasteiger partial charge in [-0.2, -0.15) is 5.10 Å². The largest absolute Gasteiger partial charge is 0.493 e. The molecule has 0 amide bonds. The number of guanidine groups is 1. The minimum absolute atomic E-state index is 0. The number of rotatable bonds is 8. The van der Waals surface area contributed by atoms with Gasteiger partial charge in [-0.3, -0.25) is 9.67 Å². The third kappa shape index (κ3) is 6.74. The summed E-state index contributed by atoms with van der Waals surface area (Å²) in [6.07, 6.45) is 3.77. The first-order valence-corrected chi connectivity index (χ1v) is 8.29. The number of hydrogen-bond acceptors (Lipinski definition) is 4. The Morgan fingerprint density at radius 2 is 2.00 bits per heavy atom. The summed E-state index contributed by atoms with van der Waals surface area (Å²) in [5.41, 5.74) is 1.09. The molecule has 0 saturated carbocycles. The maximum atomic E-state index is 5.33. The van der Waals surface area contributed by atoms with E-state index in [9.17, 15) is 0 Å². The van der Waals surface area contributed by atoms with Gasteiger partial charge >= 0.3 is 0 Å². The molecule has 2 aromatic rings. The van der Waals surface area contributed by atoms with E-state index in [2.05, 4.69) is 27.6 Å². The SMILES string of the molecule is CN=C(NCc1ccc(OC)c(OC)c1)NCC(C)Cn1cccn1.I. The Kier molecular flexibility index (Phi) is 9.85. The van der Waals surface area contributed by atoms with Gasteiger partial charge in [0.25, 0.3) is 0 Å². The number of aliphatic imine (C=N–C) groups is 1. The lowest BCUT2D eigenvalue weighted by molar-refractivity contribution is 0.354. The van der Waals surface area contributed by atoms with Gasteiger partial charge in [0.05, 0.1) is 14.2 Å². The van der Waals surface area contributed by atoms with Crippen LogP contribution in [-0.4, -0.2) is 43.6 Å². The zero-order valence-corrected chi connectivity index (χ0v) is 18.1. The summed E-state index contributed by atoms with van der Waals surface area (Å²) in [5.74, 6) is 2.64. The topological polar surface area (TPSA) is 72.7 Å². The van der Waals surface area contributed by atoms with E-state index in [1.54, 1.807) is 27.5 Å². The van der Waals surface area contributed by atoms with E-state index < -0.39 is 0 Å². The third-order valence-corrected chi connectivity index (χ3v) is 3.81. The normalized spacial score (nSPS) is 12.1. The molecule has 0 aliphatic carbocycles. The highest BCUT2D eigenvalue weighted by Gasteiger charge is 2.07. The lowest BCUT2D eigenvalue weighted by Gasteiger charge is -2.16. The summed E-state index contributed by atoms with van der Waals surface area (Å²) in [6.45, 7) is 4.50. The first kappa shape index (κ1) is 22.1. The van der Waals surface area contributed by atoms with Gasteiger partial charge in [-0.1, -0.05) is 13.0 Å². The highest BCUT2D eigenvalue weighted by molar-refractivity contribution is 14.0. The predicted octanol–water partition coefficient (Wildman–Crippen LogP) is 2.52. The van der Waals surface area contributed by atoms with Gasteiger partial charge in [0.15, 0.2) is 17.5 Å². The lowest BCUT2D eigenvalue weighted by Crippen LogP contribution is -2.39. The van der Waals surface area contributed by atoms with E-state index in [4.69, 9.17) is 9.47 Å². The molecule has 1 aromatic carbocycles. The maximum Gasteiger partial charge on any atom is 0.191 e. The number of aromatic nitrogens is 2. The van der Waals surface area contributed by atoms with Crippen LogP contribution >= 0.6 is 24.0 Å². The second kappa shape index (κ2) is 11.6. The molecule has 0 radical (unpaired) electrons. The number of ether oxygens (including phenoxy) is 2. The van der Waals surface area contributed by atoms with Crippen molar-refractivity contribution < 1.29 is 9.47 Å². The first-order chi connectivity index (χ1) is 12.2. The molecule has 0 saturated heterocycles. The lowest BCUT2D eigenvalue weighted by atomic mass is 10.2. The van der Waals surface area contributed by atoms with Gasteiger partial charge in [0.1, 0.15) is 0 Å². The van der Waals surface area contributed by atoms with Gasteiger partial charge in [-0.05, 0) is 29.7 Å². The molecule has 144 valence electrons. The first-order valence-electron chi connectivity index (χ1n) is 8.29. The molecular weight excluding hydrogens is 445 g/mol. The number of hydrogen-bond donors (Lipinski definition) is 2. The monoisotopic (exact) mass is 473 g/mol. The number of benzene rings is 1. The number of methoxy groups -OCH3 is 2. The second-order valence-corrected chi connectivity index (χ2v) is 5.83. The van der Waals surface area contributed by atoms with Crippen LogP contribution in [0.3, 0.4) is 0 Å². The molecule has 26 heavy (non-hydrogen) atoms. The molecule has 0 fully saturated rings.